The summed E-state index contributed by atoms with van der Waals surface area (Å²) in [6, 6.07) is 8.44. The third-order valence-electron chi connectivity index (χ3n) is 2.17. The molecule has 1 heterocycles. The Morgan fingerprint density at radius 1 is 1.29 bits per heavy atom. The van der Waals surface area contributed by atoms with Crippen molar-refractivity contribution in [3.05, 3.63) is 42.1 Å². The van der Waals surface area contributed by atoms with E-state index in [0.29, 0.717) is 5.88 Å². The monoisotopic (exact) mass is 205 g/mol. The van der Waals surface area contributed by atoms with Crippen molar-refractivity contribution in [3.63, 3.8) is 0 Å². The Labute approximate surface area is 88.4 Å². The van der Waals surface area contributed by atoms with Gasteiger partial charge in [-0.05, 0) is 29.5 Å². The van der Waals surface area contributed by atoms with Gasteiger partial charge in [0.15, 0.2) is 0 Å². The minimum Gasteiger partial charge on any atom is -0.361 e. The van der Waals surface area contributed by atoms with E-state index >= 15 is 0 Å². The molecule has 0 bridgehead atoms. The Bertz CT molecular complexity index is 442. The molecule has 0 saturated heterocycles. The van der Waals surface area contributed by atoms with Crippen molar-refractivity contribution in [2.75, 3.05) is 5.88 Å². The third-order valence-corrected chi connectivity index (χ3v) is 2.38. The van der Waals surface area contributed by atoms with Gasteiger partial charge in [-0.25, -0.2) is 0 Å². The molecule has 0 radical (unpaired) electrons. The molecule has 0 atom stereocenters. The van der Waals surface area contributed by atoms with E-state index in [1.165, 1.54) is 16.5 Å². The maximum atomic E-state index is 5.59. The first-order valence-electron chi connectivity index (χ1n) is 4.70. The molecule has 0 spiro atoms. The van der Waals surface area contributed by atoms with E-state index in [-0.39, 0.29) is 0 Å². The van der Waals surface area contributed by atoms with Crippen molar-refractivity contribution in [2.24, 2.45) is 0 Å². The van der Waals surface area contributed by atoms with Crippen LogP contribution in [0, 0.1) is 0 Å². The molecule has 14 heavy (non-hydrogen) atoms. The largest absolute Gasteiger partial charge is 0.361 e. The quantitative estimate of drug-likeness (QED) is 0.734. The molecule has 0 aliphatic rings. The molecule has 0 aliphatic heterocycles. The number of allylic oxidation sites excluding steroid dienone is 1. The summed E-state index contributed by atoms with van der Waals surface area (Å²) >= 11 is 5.59. The van der Waals surface area contributed by atoms with Gasteiger partial charge < -0.3 is 4.98 Å². The SMILES string of the molecule is ClCCC=Cc1ccc2cc[nH]c2c1. The van der Waals surface area contributed by atoms with Gasteiger partial charge in [0, 0.05) is 17.6 Å². The van der Waals surface area contributed by atoms with Crippen molar-refractivity contribution in [2.45, 2.75) is 6.42 Å². The summed E-state index contributed by atoms with van der Waals surface area (Å²) in [7, 11) is 0. The van der Waals surface area contributed by atoms with Crippen LogP contribution in [-0.2, 0) is 0 Å². The molecule has 2 heteroatoms. The van der Waals surface area contributed by atoms with Crippen LogP contribution >= 0.6 is 11.6 Å². The normalized spacial score (nSPS) is 11.5. The highest BCUT2D eigenvalue weighted by Crippen LogP contribution is 2.15. The van der Waals surface area contributed by atoms with Gasteiger partial charge in [-0.15, -0.1) is 11.6 Å². The minimum absolute atomic E-state index is 0.682. The van der Waals surface area contributed by atoms with Crippen LogP contribution in [0.1, 0.15) is 12.0 Å². The van der Waals surface area contributed by atoms with Crippen LogP contribution in [0.3, 0.4) is 0 Å². The summed E-state index contributed by atoms with van der Waals surface area (Å²) in [4.78, 5) is 3.19. The fraction of sp³-hybridized carbons (Fsp3) is 0.167. The fourth-order valence-corrected chi connectivity index (χ4v) is 1.58. The predicted molar refractivity (Wildman–Crippen MR) is 62.7 cm³/mol. The Morgan fingerprint density at radius 3 is 3.07 bits per heavy atom. The van der Waals surface area contributed by atoms with Crippen molar-refractivity contribution >= 4 is 28.6 Å². The van der Waals surface area contributed by atoms with E-state index in [0.717, 1.165) is 6.42 Å². The Hall–Kier alpha value is -1.21. The lowest BCUT2D eigenvalue weighted by atomic mass is 10.1. The van der Waals surface area contributed by atoms with Crippen LogP contribution in [0.5, 0.6) is 0 Å². The van der Waals surface area contributed by atoms with Gasteiger partial charge in [0.25, 0.3) is 0 Å². The zero-order chi connectivity index (χ0) is 9.80. The van der Waals surface area contributed by atoms with Gasteiger partial charge in [-0.3, -0.25) is 0 Å². The number of fused-ring (bicyclic) bond motifs is 1. The Morgan fingerprint density at radius 2 is 2.21 bits per heavy atom. The lowest BCUT2D eigenvalue weighted by Gasteiger charge is -1.94. The van der Waals surface area contributed by atoms with E-state index in [1.807, 2.05) is 6.20 Å². The van der Waals surface area contributed by atoms with Crippen LogP contribution in [0.4, 0.5) is 0 Å². The van der Waals surface area contributed by atoms with Crippen LogP contribution in [0.15, 0.2) is 36.5 Å². The molecule has 0 amide bonds. The van der Waals surface area contributed by atoms with Crippen LogP contribution in [0.2, 0.25) is 0 Å². The standard InChI is InChI=1S/C12H12ClN/c13-7-2-1-3-10-4-5-11-6-8-14-12(11)9-10/h1,3-6,8-9,14H,2,7H2. The number of rotatable bonds is 3. The van der Waals surface area contributed by atoms with Gasteiger partial charge >= 0.3 is 0 Å². The first-order chi connectivity index (χ1) is 6.90. The first kappa shape index (κ1) is 9.35. The van der Waals surface area contributed by atoms with Crippen LogP contribution in [0.25, 0.3) is 17.0 Å². The molecule has 1 aromatic heterocycles. The van der Waals surface area contributed by atoms with Crippen molar-refractivity contribution in [1.82, 2.24) is 4.98 Å². The predicted octanol–water partition coefficient (Wildman–Crippen LogP) is 3.81. The zero-order valence-electron chi connectivity index (χ0n) is 7.83. The number of aromatic amines is 1. The molecule has 1 nitrogen and oxygen atoms in total. The molecule has 72 valence electrons. The number of hydrogen-bond donors (Lipinski definition) is 1. The van der Waals surface area contributed by atoms with Crippen molar-refractivity contribution < 1.29 is 0 Å². The number of aromatic nitrogens is 1. The molecular weight excluding hydrogens is 194 g/mol. The zero-order valence-corrected chi connectivity index (χ0v) is 8.59. The number of H-pyrrole nitrogens is 1. The summed E-state index contributed by atoms with van der Waals surface area (Å²) in [5.74, 6) is 0.682. The number of halogens is 1. The highest BCUT2D eigenvalue weighted by molar-refractivity contribution is 6.17. The van der Waals surface area contributed by atoms with E-state index in [9.17, 15) is 0 Å². The van der Waals surface area contributed by atoms with Gasteiger partial charge in [0.1, 0.15) is 0 Å². The first-order valence-corrected chi connectivity index (χ1v) is 5.23. The van der Waals surface area contributed by atoms with Gasteiger partial charge in [0.05, 0.1) is 0 Å². The fourth-order valence-electron chi connectivity index (χ4n) is 1.45. The Kier molecular flexibility index (Phi) is 2.90. The molecule has 1 aromatic carbocycles. The molecule has 2 rings (SSSR count). The molecular formula is C12H12ClN. The van der Waals surface area contributed by atoms with E-state index in [4.69, 9.17) is 11.6 Å². The van der Waals surface area contributed by atoms with Crippen LogP contribution < -0.4 is 0 Å². The molecule has 2 aromatic rings. The number of benzene rings is 1. The highest BCUT2D eigenvalue weighted by atomic mass is 35.5. The van der Waals surface area contributed by atoms with Crippen molar-refractivity contribution in [1.29, 1.82) is 0 Å². The number of alkyl halides is 1. The average Bonchev–Trinajstić information content (AvgIpc) is 2.65. The molecule has 0 fully saturated rings. The second-order valence-electron chi connectivity index (χ2n) is 3.20. The molecule has 0 aliphatic carbocycles. The molecule has 0 unspecified atom stereocenters. The van der Waals surface area contributed by atoms with E-state index < -0.39 is 0 Å². The van der Waals surface area contributed by atoms with Gasteiger partial charge in [-0.1, -0.05) is 24.3 Å². The summed E-state index contributed by atoms with van der Waals surface area (Å²) in [5.41, 5.74) is 2.39. The maximum absolute atomic E-state index is 5.59. The second kappa shape index (κ2) is 4.34. The lowest BCUT2D eigenvalue weighted by Crippen LogP contribution is -1.73. The summed E-state index contributed by atoms with van der Waals surface area (Å²) < 4.78 is 0. The number of nitrogens with one attached hydrogen (secondary N) is 1. The smallest absolute Gasteiger partial charge is 0.0459 e. The second-order valence-corrected chi connectivity index (χ2v) is 3.58. The molecule has 0 saturated carbocycles. The number of hydrogen-bond acceptors (Lipinski definition) is 0. The van der Waals surface area contributed by atoms with E-state index in [1.54, 1.807) is 0 Å². The van der Waals surface area contributed by atoms with Gasteiger partial charge in [0.2, 0.25) is 0 Å². The van der Waals surface area contributed by atoms with Gasteiger partial charge in [-0.2, -0.15) is 0 Å². The molecule has 1 N–H and O–H groups in total. The third kappa shape index (κ3) is 1.99. The summed E-state index contributed by atoms with van der Waals surface area (Å²) in [6.45, 7) is 0. The lowest BCUT2D eigenvalue weighted by molar-refractivity contribution is 1.24. The summed E-state index contributed by atoms with van der Waals surface area (Å²) in [6.07, 6.45) is 7.07. The maximum Gasteiger partial charge on any atom is 0.0459 e. The topological polar surface area (TPSA) is 15.8 Å². The minimum atomic E-state index is 0.682. The average molecular weight is 206 g/mol. The van der Waals surface area contributed by atoms with Crippen LogP contribution in [-0.4, -0.2) is 10.9 Å². The van der Waals surface area contributed by atoms with E-state index in [2.05, 4.69) is 41.4 Å². The summed E-state index contributed by atoms with van der Waals surface area (Å²) in [5, 5.41) is 1.25. The van der Waals surface area contributed by atoms with Crippen molar-refractivity contribution in [3.8, 4) is 0 Å². The highest BCUT2D eigenvalue weighted by Gasteiger charge is 1.93. The Balaban J connectivity index is 2.25.